The lowest BCUT2D eigenvalue weighted by Crippen LogP contribution is -2.33. The lowest BCUT2D eigenvalue weighted by Gasteiger charge is -2.11. The molecule has 1 saturated heterocycles. The molecule has 1 aliphatic rings. The van der Waals surface area contributed by atoms with Gasteiger partial charge < -0.3 is 4.74 Å². The molecular formula is C19H15NO4S. The zero-order valence-corrected chi connectivity index (χ0v) is 14.3. The minimum atomic E-state index is -0.467. The van der Waals surface area contributed by atoms with Crippen LogP contribution in [-0.2, 0) is 4.79 Å². The maximum absolute atomic E-state index is 12.5. The summed E-state index contributed by atoms with van der Waals surface area (Å²) in [6.45, 7) is -0.266. The average molecular weight is 353 g/mol. The predicted octanol–water partition coefficient (Wildman–Crippen LogP) is 3.61. The molecule has 0 atom stereocenters. The van der Waals surface area contributed by atoms with Gasteiger partial charge >= 0.3 is 0 Å². The van der Waals surface area contributed by atoms with Gasteiger partial charge in [-0.15, -0.1) is 0 Å². The van der Waals surface area contributed by atoms with E-state index in [9.17, 15) is 14.4 Å². The second-order valence-electron chi connectivity index (χ2n) is 5.30. The predicted molar refractivity (Wildman–Crippen MR) is 96.4 cm³/mol. The average Bonchev–Trinajstić information content (AvgIpc) is 2.90. The summed E-state index contributed by atoms with van der Waals surface area (Å²) in [6, 6.07) is 15.8. The van der Waals surface area contributed by atoms with Crippen molar-refractivity contribution in [1.29, 1.82) is 0 Å². The molecule has 5 nitrogen and oxygen atoms in total. The third-order valence-electron chi connectivity index (χ3n) is 3.70. The van der Waals surface area contributed by atoms with Crippen LogP contribution in [0.25, 0.3) is 6.08 Å². The molecule has 2 aromatic rings. The summed E-state index contributed by atoms with van der Waals surface area (Å²) in [5.41, 5.74) is 1.17. The van der Waals surface area contributed by atoms with Crippen LogP contribution in [0, 0.1) is 0 Å². The molecule has 6 heteroatoms. The number of imide groups is 1. The Morgan fingerprint density at radius 1 is 1.08 bits per heavy atom. The van der Waals surface area contributed by atoms with E-state index in [1.54, 1.807) is 48.5 Å². The Kier molecular flexibility index (Phi) is 5.00. The number of amides is 2. The van der Waals surface area contributed by atoms with Crippen molar-refractivity contribution in [3.63, 3.8) is 0 Å². The smallest absolute Gasteiger partial charge is 0.293 e. The second kappa shape index (κ2) is 7.36. The van der Waals surface area contributed by atoms with E-state index in [2.05, 4.69) is 0 Å². The zero-order chi connectivity index (χ0) is 17.8. The number of Topliss-reactive ketones (excluding diaryl/α,β-unsaturated/α-hetero) is 1. The van der Waals surface area contributed by atoms with Gasteiger partial charge in [0, 0.05) is 11.1 Å². The molecule has 1 aliphatic heterocycles. The van der Waals surface area contributed by atoms with Crippen LogP contribution in [0.4, 0.5) is 4.79 Å². The molecular weight excluding hydrogens is 338 g/mol. The van der Waals surface area contributed by atoms with Crippen molar-refractivity contribution < 1.29 is 19.1 Å². The molecule has 0 spiro atoms. The summed E-state index contributed by atoms with van der Waals surface area (Å²) in [5, 5.41) is -0.449. The first kappa shape index (κ1) is 17.0. The van der Waals surface area contributed by atoms with Gasteiger partial charge in [0.05, 0.1) is 18.6 Å². The van der Waals surface area contributed by atoms with Gasteiger partial charge in [0.2, 0.25) is 0 Å². The van der Waals surface area contributed by atoms with Gasteiger partial charge in [-0.2, -0.15) is 0 Å². The number of hydrogen-bond acceptors (Lipinski definition) is 5. The molecule has 0 bridgehead atoms. The van der Waals surface area contributed by atoms with E-state index in [0.717, 1.165) is 16.7 Å². The van der Waals surface area contributed by atoms with Gasteiger partial charge in [0.15, 0.2) is 5.78 Å². The van der Waals surface area contributed by atoms with Crippen LogP contribution < -0.4 is 4.74 Å². The summed E-state index contributed by atoms with van der Waals surface area (Å²) in [6.07, 6.45) is 1.61. The molecule has 0 aliphatic carbocycles. The SMILES string of the molecule is COc1ccccc1/C=C1\SC(=O)N(CC(=O)c2ccccc2)C1=O. The molecule has 0 aromatic heterocycles. The quantitative estimate of drug-likeness (QED) is 0.607. The standard InChI is InChI=1S/C19H15NO4S/c1-24-16-10-6-5-9-14(16)11-17-18(22)20(19(23)25-17)12-15(21)13-7-3-2-4-8-13/h2-11H,12H2,1H3/b17-11-. The maximum atomic E-state index is 12.5. The largest absolute Gasteiger partial charge is 0.496 e. The van der Waals surface area contributed by atoms with Crippen LogP contribution in [0.2, 0.25) is 0 Å². The fourth-order valence-corrected chi connectivity index (χ4v) is 3.25. The number of hydrogen-bond donors (Lipinski definition) is 0. The van der Waals surface area contributed by atoms with Gasteiger partial charge in [-0.05, 0) is 23.9 Å². The van der Waals surface area contributed by atoms with Gasteiger partial charge in [0.25, 0.3) is 11.1 Å². The Morgan fingerprint density at radius 2 is 1.76 bits per heavy atom. The summed E-state index contributed by atoms with van der Waals surface area (Å²) >= 11 is 0.824. The van der Waals surface area contributed by atoms with E-state index in [0.29, 0.717) is 16.9 Å². The van der Waals surface area contributed by atoms with Gasteiger partial charge in [-0.3, -0.25) is 19.3 Å². The normalized spacial score (nSPS) is 15.7. The van der Waals surface area contributed by atoms with Crippen LogP contribution in [0.3, 0.4) is 0 Å². The Balaban J connectivity index is 1.81. The highest BCUT2D eigenvalue weighted by Gasteiger charge is 2.36. The summed E-state index contributed by atoms with van der Waals surface area (Å²) < 4.78 is 5.25. The van der Waals surface area contributed by atoms with Crippen molar-refractivity contribution >= 4 is 34.8 Å². The number of ketones is 1. The molecule has 3 rings (SSSR count). The number of carbonyl (C=O) groups excluding carboxylic acids is 3. The Hall–Kier alpha value is -2.86. The number of methoxy groups -OCH3 is 1. The third kappa shape index (κ3) is 3.64. The first-order valence-corrected chi connectivity index (χ1v) is 8.38. The van der Waals surface area contributed by atoms with Crippen LogP contribution in [0.5, 0.6) is 5.75 Å². The highest BCUT2D eigenvalue weighted by Crippen LogP contribution is 2.33. The Labute approximate surface area is 149 Å². The van der Waals surface area contributed by atoms with Crippen molar-refractivity contribution in [2.24, 2.45) is 0 Å². The number of nitrogens with zero attached hydrogens (tertiary/aromatic N) is 1. The highest BCUT2D eigenvalue weighted by atomic mass is 32.2. The molecule has 0 saturated carbocycles. The van der Waals surface area contributed by atoms with Crippen molar-refractivity contribution in [2.45, 2.75) is 0 Å². The number of benzene rings is 2. The fraction of sp³-hybridized carbons (Fsp3) is 0.105. The van der Waals surface area contributed by atoms with E-state index in [4.69, 9.17) is 4.74 Å². The molecule has 126 valence electrons. The molecule has 0 unspecified atom stereocenters. The third-order valence-corrected chi connectivity index (χ3v) is 4.60. The lowest BCUT2D eigenvalue weighted by molar-refractivity contribution is -0.122. The summed E-state index contributed by atoms with van der Waals surface area (Å²) in [5.74, 6) is -0.138. The Bertz CT molecular complexity index is 861. The molecule has 1 heterocycles. The number of rotatable bonds is 5. The fourth-order valence-electron chi connectivity index (χ4n) is 2.42. The van der Waals surface area contributed by atoms with E-state index >= 15 is 0 Å². The lowest BCUT2D eigenvalue weighted by atomic mass is 10.1. The monoisotopic (exact) mass is 353 g/mol. The summed E-state index contributed by atoms with van der Waals surface area (Å²) in [4.78, 5) is 38.2. The van der Waals surface area contributed by atoms with Crippen LogP contribution in [0.1, 0.15) is 15.9 Å². The minimum absolute atomic E-state index is 0.266. The van der Waals surface area contributed by atoms with Crippen LogP contribution in [-0.4, -0.2) is 35.5 Å². The van der Waals surface area contributed by atoms with Gasteiger partial charge in [-0.25, -0.2) is 0 Å². The number of carbonyl (C=O) groups is 3. The summed E-state index contributed by atoms with van der Waals surface area (Å²) in [7, 11) is 1.54. The van der Waals surface area contributed by atoms with Crippen molar-refractivity contribution in [1.82, 2.24) is 4.90 Å². The van der Waals surface area contributed by atoms with Crippen LogP contribution >= 0.6 is 11.8 Å². The maximum Gasteiger partial charge on any atom is 0.293 e. The van der Waals surface area contributed by atoms with E-state index in [1.165, 1.54) is 7.11 Å². The van der Waals surface area contributed by atoms with Crippen LogP contribution in [0.15, 0.2) is 59.5 Å². The van der Waals surface area contributed by atoms with Gasteiger partial charge in [-0.1, -0.05) is 48.5 Å². The second-order valence-corrected chi connectivity index (χ2v) is 6.29. The van der Waals surface area contributed by atoms with Crippen molar-refractivity contribution in [2.75, 3.05) is 13.7 Å². The number of thioether (sulfide) groups is 1. The highest BCUT2D eigenvalue weighted by molar-refractivity contribution is 8.18. The Morgan fingerprint density at radius 3 is 2.48 bits per heavy atom. The van der Waals surface area contributed by atoms with Gasteiger partial charge in [0.1, 0.15) is 5.75 Å². The first-order chi connectivity index (χ1) is 12.1. The minimum Gasteiger partial charge on any atom is -0.496 e. The molecule has 2 amide bonds. The first-order valence-electron chi connectivity index (χ1n) is 7.57. The molecule has 2 aromatic carbocycles. The van der Waals surface area contributed by atoms with Crippen molar-refractivity contribution in [3.8, 4) is 5.75 Å². The molecule has 0 N–H and O–H groups in total. The molecule has 25 heavy (non-hydrogen) atoms. The topological polar surface area (TPSA) is 63.7 Å². The number of ether oxygens (including phenoxy) is 1. The van der Waals surface area contributed by atoms with E-state index < -0.39 is 11.1 Å². The van der Waals surface area contributed by atoms with Crippen molar-refractivity contribution in [3.05, 3.63) is 70.6 Å². The molecule has 0 radical (unpaired) electrons. The van der Waals surface area contributed by atoms with E-state index in [1.807, 2.05) is 12.1 Å². The van der Waals surface area contributed by atoms with E-state index in [-0.39, 0.29) is 17.2 Å². The molecule has 1 fully saturated rings. The number of para-hydroxylation sites is 1. The zero-order valence-electron chi connectivity index (χ0n) is 13.5.